The lowest BCUT2D eigenvalue weighted by Gasteiger charge is -2.11. The molecule has 0 bridgehead atoms. The van der Waals surface area contributed by atoms with Crippen molar-refractivity contribution in [2.45, 2.75) is 12.7 Å². The van der Waals surface area contributed by atoms with Gasteiger partial charge in [-0.15, -0.1) is 0 Å². The summed E-state index contributed by atoms with van der Waals surface area (Å²) in [5, 5.41) is 37.4. The molecule has 106 valence electrons. The van der Waals surface area contributed by atoms with Crippen molar-refractivity contribution in [1.29, 1.82) is 5.26 Å². The summed E-state index contributed by atoms with van der Waals surface area (Å²) in [5.74, 6) is -2.65. The molecule has 1 atom stereocenters. The number of ether oxygens (including phenoxy) is 1. The van der Waals surface area contributed by atoms with Crippen LogP contribution >= 0.6 is 0 Å². The van der Waals surface area contributed by atoms with Crippen LogP contribution < -0.4 is 4.74 Å². The van der Waals surface area contributed by atoms with E-state index in [0.29, 0.717) is 12.1 Å². The number of aliphatic hydroxyl groups excluding tert-OH is 1. The first-order valence-electron chi connectivity index (χ1n) is 4.86. The molecule has 0 aliphatic carbocycles. The summed E-state index contributed by atoms with van der Waals surface area (Å²) in [6.45, 7) is -3.37. The second-order valence-electron chi connectivity index (χ2n) is 3.40. The molecule has 1 unspecified atom stereocenters. The maximum Gasteiger partial charge on any atom is 0.387 e. The second kappa shape index (κ2) is 5.89. The van der Waals surface area contributed by atoms with Crippen molar-refractivity contribution in [3.8, 4) is 11.8 Å². The zero-order valence-corrected chi connectivity index (χ0v) is 9.49. The van der Waals surface area contributed by atoms with E-state index in [4.69, 9.17) is 10.4 Å². The van der Waals surface area contributed by atoms with E-state index in [-0.39, 0.29) is 0 Å². The Morgan fingerprint density at radius 2 is 2.10 bits per heavy atom. The fourth-order valence-corrected chi connectivity index (χ4v) is 1.37. The van der Waals surface area contributed by atoms with Gasteiger partial charge < -0.3 is 14.9 Å². The van der Waals surface area contributed by atoms with Crippen LogP contribution in [0.1, 0.15) is 17.2 Å². The summed E-state index contributed by atoms with van der Waals surface area (Å²) in [4.78, 5) is 20.2. The summed E-state index contributed by atoms with van der Waals surface area (Å²) >= 11 is 0. The molecule has 1 aromatic rings. The molecule has 0 aliphatic heterocycles. The molecule has 0 saturated heterocycles. The predicted molar refractivity (Wildman–Crippen MR) is 57.0 cm³/mol. The Bertz CT molecular complexity index is 598. The zero-order valence-electron chi connectivity index (χ0n) is 9.49. The molecular formula is C10H6F2N2O6. The maximum absolute atomic E-state index is 12.1. The van der Waals surface area contributed by atoms with Crippen LogP contribution in [0.2, 0.25) is 0 Å². The highest BCUT2D eigenvalue weighted by Gasteiger charge is 2.27. The van der Waals surface area contributed by atoms with Gasteiger partial charge in [0.05, 0.1) is 16.6 Å². The average Bonchev–Trinajstić information content (AvgIpc) is 2.36. The zero-order chi connectivity index (χ0) is 15.4. The van der Waals surface area contributed by atoms with Crippen molar-refractivity contribution in [3.63, 3.8) is 0 Å². The number of nitrogens with zero attached hydrogens (tertiary/aromatic N) is 2. The highest BCUT2D eigenvalue weighted by atomic mass is 19.3. The number of carboxylic acids is 1. The fraction of sp³-hybridized carbons (Fsp3) is 0.200. The summed E-state index contributed by atoms with van der Waals surface area (Å²) in [5.41, 5.74) is -2.10. The van der Waals surface area contributed by atoms with Crippen LogP contribution in [-0.2, 0) is 4.79 Å². The van der Waals surface area contributed by atoms with Crippen LogP contribution in [0.15, 0.2) is 12.1 Å². The van der Waals surface area contributed by atoms with Gasteiger partial charge in [0.2, 0.25) is 5.75 Å². The number of hydrogen-bond donors (Lipinski definition) is 2. The minimum atomic E-state index is -3.37. The number of rotatable bonds is 5. The maximum atomic E-state index is 12.1. The van der Waals surface area contributed by atoms with E-state index in [2.05, 4.69) is 4.74 Å². The van der Waals surface area contributed by atoms with E-state index >= 15 is 0 Å². The summed E-state index contributed by atoms with van der Waals surface area (Å²) in [7, 11) is 0. The molecule has 20 heavy (non-hydrogen) atoms. The number of aliphatic carboxylic acids is 1. The summed E-state index contributed by atoms with van der Waals surface area (Å²) in [6.07, 6.45) is -2.20. The Hall–Kier alpha value is -2.80. The molecule has 0 spiro atoms. The van der Waals surface area contributed by atoms with Crippen LogP contribution in [0.5, 0.6) is 5.75 Å². The third kappa shape index (κ3) is 3.15. The van der Waals surface area contributed by atoms with E-state index in [0.717, 1.165) is 0 Å². The van der Waals surface area contributed by atoms with E-state index in [1.165, 1.54) is 6.07 Å². The smallest absolute Gasteiger partial charge is 0.387 e. The fourth-order valence-electron chi connectivity index (χ4n) is 1.37. The molecule has 0 fully saturated rings. The Morgan fingerprint density at radius 1 is 1.50 bits per heavy atom. The highest BCUT2D eigenvalue weighted by molar-refractivity contribution is 5.76. The number of nitriles is 1. The Labute approximate surface area is 109 Å². The van der Waals surface area contributed by atoms with Crippen molar-refractivity contribution in [1.82, 2.24) is 0 Å². The molecule has 0 saturated carbocycles. The predicted octanol–water partition coefficient (Wildman–Crippen LogP) is 1.19. The number of nitro groups is 1. The topological polar surface area (TPSA) is 134 Å². The van der Waals surface area contributed by atoms with Gasteiger partial charge in [0, 0.05) is 17.7 Å². The van der Waals surface area contributed by atoms with Crippen molar-refractivity contribution in [2.24, 2.45) is 0 Å². The summed E-state index contributed by atoms with van der Waals surface area (Å²) in [6, 6.07) is 2.52. The largest absolute Gasteiger partial charge is 0.479 e. The third-order valence-electron chi connectivity index (χ3n) is 2.19. The lowest BCUT2D eigenvalue weighted by atomic mass is 10.0. The van der Waals surface area contributed by atoms with Crippen molar-refractivity contribution in [3.05, 3.63) is 33.4 Å². The van der Waals surface area contributed by atoms with Gasteiger partial charge in [-0.25, -0.2) is 4.79 Å². The quantitative estimate of drug-likeness (QED) is 0.613. The number of nitro benzene ring substituents is 1. The van der Waals surface area contributed by atoms with Gasteiger partial charge in [0.25, 0.3) is 0 Å². The van der Waals surface area contributed by atoms with E-state index in [1.54, 1.807) is 0 Å². The van der Waals surface area contributed by atoms with E-state index in [9.17, 15) is 28.8 Å². The molecule has 0 aromatic heterocycles. The van der Waals surface area contributed by atoms with Crippen LogP contribution in [0.25, 0.3) is 0 Å². The Morgan fingerprint density at radius 3 is 2.50 bits per heavy atom. The van der Waals surface area contributed by atoms with Crippen LogP contribution in [-0.4, -0.2) is 27.7 Å². The molecular weight excluding hydrogens is 282 g/mol. The molecule has 0 amide bonds. The summed E-state index contributed by atoms with van der Waals surface area (Å²) < 4.78 is 28.1. The van der Waals surface area contributed by atoms with Gasteiger partial charge in [0.1, 0.15) is 0 Å². The van der Waals surface area contributed by atoms with Crippen molar-refractivity contribution in [2.75, 3.05) is 0 Å². The minimum Gasteiger partial charge on any atom is -0.479 e. The highest BCUT2D eigenvalue weighted by Crippen LogP contribution is 2.34. The standard InChI is InChI=1S/C10H6F2N2O6/c11-10(12)20-7-1-4(3-13)5(8(15)9(16)17)2-6(7)14(18)19/h1-2,8,10,15H,(H,16,17). The van der Waals surface area contributed by atoms with Gasteiger partial charge in [-0.05, 0) is 0 Å². The number of alkyl halides is 2. The van der Waals surface area contributed by atoms with Gasteiger partial charge in [-0.2, -0.15) is 14.0 Å². The van der Waals surface area contributed by atoms with Gasteiger partial charge in [-0.3, -0.25) is 10.1 Å². The third-order valence-corrected chi connectivity index (χ3v) is 2.19. The molecule has 1 rings (SSSR count). The lowest BCUT2D eigenvalue weighted by molar-refractivity contribution is -0.386. The number of carboxylic acid groups (broad SMARTS) is 1. The average molecular weight is 288 g/mol. The number of aliphatic hydroxyl groups is 1. The van der Waals surface area contributed by atoms with Crippen LogP contribution in [0.3, 0.4) is 0 Å². The lowest BCUT2D eigenvalue weighted by Crippen LogP contribution is -2.13. The first-order chi connectivity index (χ1) is 9.27. The number of hydrogen-bond acceptors (Lipinski definition) is 6. The molecule has 0 radical (unpaired) electrons. The molecule has 8 nitrogen and oxygen atoms in total. The van der Waals surface area contributed by atoms with Gasteiger partial charge in [0.15, 0.2) is 6.10 Å². The Kier molecular flexibility index (Phi) is 4.50. The van der Waals surface area contributed by atoms with Gasteiger partial charge in [-0.1, -0.05) is 0 Å². The van der Waals surface area contributed by atoms with E-state index < -0.39 is 46.2 Å². The number of carbonyl (C=O) groups is 1. The van der Waals surface area contributed by atoms with Crippen LogP contribution in [0.4, 0.5) is 14.5 Å². The first kappa shape index (κ1) is 15.3. The minimum absolute atomic E-state index is 0.509. The van der Waals surface area contributed by atoms with Crippen molar-refractivity contribution >= 4 is 11.7 Å². The number of benzene rings is 1. The number of halogens is 2. The Balaban J connectivity index is 3.49. The molecule has 1 aromatic carbocycles. The SMILES string of the molecule is N#Cc1cc(OC(F)F)c([N+](=O)[O-])cc1C(O)C(=O)O. The molecule has 0 aliphatic rings. The second-order valence-corrected chi connectivity index (χ2v) is 3.40. The van der Waals surface area contributed by atoms with E-state index in [1.807, 2.05) is 0 Å². The molecule has 10 heteroatoms. The monoisotopic (exact) mass is 288 g/mol. The molecule has 2 N–H and O–H groups in total. The van der Waals surface area contributed by atoms with Crippen LogP contribution in [0, 0.1) is 21.4 Å². The van der Waals surface area contributed by atoms with Crippen molar-refractivity contribution < 1.29 is 33.4 Å². The normalized spacial score (nSPS) is 11.8. The first-order valence-corrected chi connectivity index (χ1v) is 4.86. The van der Waals surface area contributed by atoms with Gasteiger partial charge >= 0.3 is 18.3 Å². The molecule has 0 heterocycles.